The Kier molecular flexibility index (Phi) is 4.01. The van der Waals surface area contributed by atoms with Gasteiger partial charge in [0.2, 0.25) is 5.76 Å². The lowest BCUT2D eigenvalue weighted by Crippen LogP contribution is -2.30. The van der Waals surface area contributed by atoms with Crippen molar-refractivity contribution in [2.45, 2.75) is 18.9 Å². The molecule has 1 aliphatic heterocycles. The maximum Gasteiger partial charge on any atom is 0.293 e. The fourth-order valence-electron chi connectivity index (χ4n) is 3.20. The molecule has 6 heteroatoms. The fourth-order valence-corrected chi connectivity index (χ4v) is 3.20. The van der Waals surface area contributed by atoms with Crippen LogP contribution in [0.5, 0.6) is 5.75 Å². The van der Waals surface area contributed by atoms with Gasteiger partial charge in [-0.2, -0.15) is 0 Å². The van der Waals surface area contributed by atoms with Crippen LogP contribution in [-0.2, 0) is 0 Å². The van der Waals surface area contributed by atoms with Crippen molar-refractivity contribution in [1.82, 2.24) is 10.1 Å². The summed E-state index contributed by atoms with van der Waals surface area (Å²) in [6.45, 7) is 0.683. The molecule has 1 aliphatic rings. The molecule has 1 saturated heterocycles. The number of aromatic nitrogens is 1. The van der Waals surface area contributed by atoms with Crippen molar-refractivity contribution >= 4 is 5.91 Å². The molecule has 4 rings (SSSR count). The second-order valence-electron chi connectivity index (χ2n) is 5.98. The molecule has 1 fully saturated rings. The smallest absolute Gasteiger partial charge is 0.293 e. The van der Waals surface area contributed by atoms with Crippen molar-refractivity contribution in [2.75, 3.05) is 13.7 Å². The third-order valence-electron chi connectivity index (χ3n) is 4.49. The van der Waals surface area contributed by atoms with E-state index < -0.39 is 0 Å². The number of amides is 1. The molecule has 1 aromatic carbocycles. The van der Waals surface area contributed by atoms with Crippen LogP contribution in [0.1, 0.15) is 35.2 Å². The van der Waals surface area contributed by atoms with E-state index in [9.17, 15) is 4.79 Å². The van der Waals surface area contributed by atoms with Crippen LogP contribution in [0, 0.1) is 0 Å². The lowest BCUT2D eigenvalue weighted by Gasteiger charge is -2.21. The third-order valence-corrected chi connectivity index (χ3v) is 4.49. The van der Waals surface area contributed by atoms with E-state index in [0.29, 0.717) is 12.2 Å². The maximum absolute atomic E-state index is 12.8. The standard InChI is InChI=1S/C19H18N2O4/c1-23-14-8-6-13(7-9-14)15-12-18(25-20-15)19(22)21-10-2-4-16(21)17-5-3-11-24-17/h3,5-9,11-12,16H,2,4,10H2,1H3. The average Bonchev–Trinajstić information content (AvgIpc) is 3.42. The Morgan fingerprint density at radius 2 is 2.12 bits per heavy atom. The van der Waals surface area contributed by atoms with Gasteiger partial charge in [0, 0.05) is 18.2 Å². The summed E-state index contributed by atoms with van der Waals surface area (Å²) in [7, 11) is 1.62. The lowest BCUT2D eigenvalue weighted by molar-refractivity contribution is 0.0677. The Bertz CT molecular complexity index is 852. The molecule has 0 N–H and O–H groups in total. The van der Waals surface area contributed by atoms with E-state index in [1.165, 1.54) is 0 Å². The number of likely N-dealkylation sites (tertiary alicyclic amines) is 1. The molecule has 0 saturated carbocycles. The summed E-state index contributed by atoms with van der Waals surface area (Å²) in [4.78, 5) is 14.6. The quantitative estimate of drug-likeness (QED) is 0.721. The number of rotatable bonds is 4. The number of nitrogens with zero attached hydrogens (tertiary/aromatic N) is 2. The highest BCUT2D eigenvalue weighted by Gasteiger charge is 2.34. The first kappa shape index (κ1) is 15.5. The Morgan fingerprint density at radius 3 is 2.84 bits per heavy atom. The van der Waals surface area contributed by atoms with E-state index in [4.69, 9.17) is 13.7 Å². The maximum atomic E-state index is 12.8. The molecule has 6 nitrogen and oxygen atoms in total. The molecule has 0 radical (unpaired) electrons. The third kappa shape index (κ3) is 2.91. The topological polar surface area (TPSA) is 68.7 Å². The summed E-state index contributed by atoms with van der Waals surface area (Å²) in [5.41, 5.74) is 1.49. The molecule has 3 heterocycles. The normalized spacial score (nSPS) is 17.0. The SMILES string of the molecule is COc1ccc(-c2cc(C(=O)N3CCCC3c3ccco3)on2)cc1. The van der Waals surface area contributed by atoms with Crippen molar-refractivity contribution in [3.05, 3.63) is 60.2 Å². The average molecular weight is 338 g/mol. The van der Waals surface area contributed by atoms with Crippen LogP contribution in [0.3, 0.4) is 0 Å². The summed E-state index contributed by atoms with van der Waals surface area (Å²) >= 11 is 0. The van der Waals surface area contributed by atoms with E-state index in [2.05, 4.69) is 5.16 Å². The molecule has 0 spiro atoms. The van der Waals surface area contributed by atoms with E-state index in [-0.39, 0.29) is 17.7 Å². The van der Waals surface area contributed by atoms with Gasteiger partial charge in [-0.25, -0.2) is 0 Å². The molecule has 25 heavy (non-hydrogen) atoms. The van der Waals surface area contributed by atoms with Crippen LogP contribution in [0.25, 0.3) is 11.3 Å². The minimum absolute atomic E-state index is 0.0444. The van der Waals surface area contributed by atoms with Gasteiger partial charge in [0.25, 0.3) is 5.91 Å². The number of furan rings is 1. The molecular formula is C19H18N2O4. The van der Waals surface area contributed by atoms with E-state index in [0.717, 1.165) is 29.9 Å². The number of hydrogen-bond acceptors (Lipinski definition) is 5. The van der Waals surface area contributed by atoms with Gasteiger partial charge in [-0.3, -0.25) is 4.79 Å². The zero-order chi connectivity index (χ0) is 17.2. The summed E-state index contributed by atoms with van der Waals surface area (Å²) in [5.74, 6) is 1.65. The molecule has 128 valence electrons. The molecule has 0 bridgehead atoms. The van der Waals surface area contributed by atoms with Crippen molar-refractivity contribution < 1.29 is 18.5 Å². The highest BCUT2D eigenvalue weighted by molar-refractivity contribution is 5.92. The number of carbonyl (C=O) groups excluding carboxylic acids is 1. The van der Waals surface area contributed by atoms with Crippen LogP contribution in [0.2, 0.25) is 0 Å². The monoisotopic (exact) mass is 338 g/mol. The Balaban J connectivity index is 1.55. The first-order valence-electron chi connectivity index (χ1n) is 8.22. The fraction of sp³-hybridized carbons (Fsp3) is 0.263. The minimum atomic E-state index is -0.161. The summed E-state index contributed by atoms with van der Waals surface area (Å²) in [5, 5.41) is 4.04. The number of ether oxygens (including phenoxy) is 1. The van der Waals surface area contributed by atoms with Crippen molar-refractivity contribution in [2.24, 2.45) is 0 Å². The summed E-state index contributed by atoms with van der Waals surface area (Å²) in [6.07, 6.45) is 3.46. The zero-order valence-electron chi connectivity index (χ0n) is 13.8. The predicted octanol–water partition coefficient (Wildman–Crippen LogP) is 3.92. The number of benzene rings is 1. The Hall–Kier alpha value is -3.02. The van der Waals surface area contributed by atoms with Crippen molar-refractivity contribution in [1.29, 1.82) is 0 Å². The highest BCUT2D eigenvalue weighted by atomic mass is 16.5. The predicted molar refractivity (Wildman–Crippen MR) is 90.2 cm³/mol. The molecule has 0 aliphatic carbocycles. The van der Waals surface area contributed by atoms with Gasteiger partial charge in [0.05, 0.1) is 19.4 Å². The van der Waals surface area contributed by atoms with Gasteiger partial charge in [0.15, 0.2) is 0 Å². The van der Waals surface area contributed by atoms with Gasteiger partial charge in [0.1, 0.15) is 17.2 Å². The first-order valence-corrected chi connectivity index (χ1v) is 8.22. The molecule has 1 amide bonds. The highest BCUT2D eigenvalue weighted by Crippen LogP contribution is 2.34. The molecule has 2 aromatic heterocycles. The van der Waals surface area contributed by atoms with Gasteiger partial charge in [-0.05, 0) is 49.2 Å². The van der Waals surface area contributed by atoms with E-state index >= 15 is 0 Å². The second-order valence-corrected chi connectivity index (χ2v) is 5.98. The second kappa shape index (κ2) is 6.47. The van der Waals surface area contributed by atoms with Crippen molar-refractivity contribution in [3.63, 3.8) is 0 Å². The van der Waals surface area contributed by atoms with Crippen LogP contribution >= 0.6 is 0 Å². The lowest BCUT2D eigenvalue weighted by atomic mass is 10.1. The molecule has 3 aromatic rings. The Labute approximate surface area is 145 Å². The number of hydrogen-bond donors (Lipinski definition) is 0. The van der Waals surface area contributed by atoms with Crippen LogP contribution in [-0.4, -0.2) is 29.6 Å². The molecule has 1 unspecified atom stereocenters. The Morgan fingerprint density at radius 1 is 1.28 bits per heavy atom. The van der Waals surface area contributed by atoms with Gasteiger partial charge >= 0.3 is 0 Å². The van der Waals surface area contributed by atoms with E-state index in [1.807, 2.05) is 36.4 Å². The summed E-state index contributed by atoms with van der Waals surface area (Å²) < 4.78 is 15.9. The van der Waals surface area contributed by atoms with Gasteiger partial charge in [-0.15, -0.1) is 0 Å². The van der Waals surface area contributed by atoms with Crippen molar-refractivity contribution in [3.8, 4) is 17.0 Å². The minimum Gasteiger partial charge on any atom is -0.497 e. The number of methoxy groups -OCH3 is 1. The molecular weight excluding hydrogens is 320 g/mol. The van der Waals surface area contributed by atoms with Crippen LogP contribution in [0.4, 0.5) is 0 Å². The van der Waals surface area contributed by atoms with E-state index in [1.54, 1.807) is 24.3 Å². The van der Waals surface area contributed by atoms with Crippen LogP contribution < -0.4 is 4.74 Å². The zero-order valence-corrected chi connectivity index (χ0v) is 13.8. The van der Waals surface area contributed by atoms with Crippen LogP contribution in [0.15, 0.2) is 57.7 Å². The number of carbonyl (C=O) groups is 1. The van der Waals surface area contributed by atoms with Gasteiger partial charge in [-0.1, -0.05) is 5.16 Å². The van der Waals surface area contributed by atoms with Gasteiger partial charge < -0.3 is 18.6 Å². The molecule has 1 atom stereocenters. The first-order chi connectivity index (χ1) is 12.3. The largest absolute Gasteiger partial charge is 0.497 e. The summed E-state index contributed by atoms with van der Waals surface area (Å²) in [6, 6.07) is 12.8.